The van der Waals surface area contributed by atoms with Crippen molar-refractivity contribution in [3.63, 3.8) is 0 Å². The Morgan fingerprint density at radius 2 is 2.24 bits per heavy atom. The number of aliphatic carboxylic acids is 1. The summed E-state index contributed by atoms with van der Waals surface area (Å²) < 4.78 is 0. The van der Waals surface area contributed by atoms with Crippen molar-refractivity contribution in [3.8, 4) is 0 Å². The Hall–Kier alpha value is -1.88. The van der Waals surface area contributed by atoms with Crippen molar-refractivity contribution in [3.05, 3.63) is 29.3 Å². The highest BCUT2D eigenvalue weighted by Gasteiger charge is 2.20. The van der Waals surface area contributed by atoms with Crippen molar-refractivity contribution >= 4 is 17.6 Å². The first-order valence-corrected chi connectivity index (χ1v) is 7.37. The fourth-order valence-electron chi connectivity index (χ4n) is 2.62. The van der Waals surface area contributed by atoms with Gasteiger partial charge in [0.15, 0.2) is 0 Å². The average molecular weight is 290 g/mol. The SMILES string of the molecule is CCC(C)NC(CC(=O)O)Cc1ccc2c(c1)CC(=O)N2. The molecule has 0 bridgehead atoms. The van der Waals surface area contributed by atoms with Crippen LogP contribution in [0.3, 0.4) is 0 Å². The molecule has 1 heterocycles. The fraction of sp³-hybridized carbons (Fsp3) is 0.500. The van der Waals surface area contributed by atoms with E-state index in [0.29, 0.717) is 12.8 Å². The Kier molecular flexibility index (Phi) is 4.96. The molecule has 0 radical (unpaired) electrons. The molecule has 114 valence electrons. The third-order valence-corrected chi connectivity index (χ3v) is 3.83. The van der Waals surface area contributed by atoms with Gasteiger partial charge in [-0.2, -0.15) is 0 Å². The van der Waals surface area contributed by atoms with Crippen molar-refractivity contribution in [2.24, 2.45) is 0 Å². The summed E-state index contributed by atoms with van der Waals surface area (Å²) in [6.07, 6.45) is 2.11. The number of hydrogen-bond acceptors (Lipinski definition) is 3. The summed E-state index contributed by atoms with van der Waals surface area (Å²) in [5, 5.41) is 15.2. The second-order valence-electron chi connectivity index (χ2n) is 5.69. The molecular weight excluding hydrogens is 268 g/mol. The van der Waals surface area contributed by atoms with Crippen molar-refractivity contribution in [2.45, 2.75) is 51.6 Å². The first kappa shape index (κ1) is 15.5. The Bertz CT molecular complexity index is 542. The van der Waals surface area contributed by atoms with E-state index in [9.17, 15) is 9.59 Å². The highest BCUT2D eigenvalue weighted by Crippen LogP contribution is 2.24. The van der Waals surface area contributed by atoms with E-state index in [2.05, 4.69) is 24.5 Å². The molecule has 1 aliphatic rings. The number of rotatable bonds is 7. The third-order valence-electron chi connectivity index (χ3n) is 3.83. The molecule has 1 aromatic rings. The molecule has 5 heteroatoms. The third kappa shape index (κ3) is 4.29. The van der Waals surface area contributed by atoms with E-state index in [0.717, 1.165) is 23.2 Å². The van der Waals surface area contributed by atoms with Crippen LogP contribution in [0.1, 0.15) is 37.8 Å². The molecule has 5 nitrogen and oxygen atoms in total. The Balaban J connectivity index is 2.07. The highest BCUT2D eigenvalue weighted by atomic mass is 16.4. The number of carboxylic acid groups (broad SMARTS) is 1. The number of amides is 1. The van der Waals surface area contributed by atoms with Gasteiger partial charge in [0.1, 0.15) is 0 Å². The van der Waals surface area contributed by atoms with Crippen molar-refractivity contribution in [1.82, 2.24) is 5.32 Å². The molecule has 1 amide bonds. The summed E-state index contributed by atoms with van der Waals surface area (Å²) in [7, 11) is 0. The monoisotopic (exact) mass is 290 g/mol. The van der Waals surface area contributed by atoms with Crippen molar-refractivity contribution < 1.29 is 14.7 Å². The zero-order chi connectivity index (χ0) is 15.4. The number of carbonyl (C=O) groups excluding carboxylic acids is 1. The van der Waals surface area contributed by atoms with E-state index in [1.807, 2.05) is 18.2 Å². The van der Waals surface area contributed by atoms with Crippen molar-refractivity contribution in [2.75, 3.05) is 5.32 Å². The van der Waals surface area contributed by atoms with Gasteiger partial charge in [-0.1, -0.05) is 19.1 Å². The molecule has 0 aliphatic carbocycles. The maximum Gasteiger partial charge on any atom is 0.304 e. The maximum absolute atomic E-state index is 11.4. The quantitative estimate of drug-likeness (QED) is 0.717. The van der Waals surface area contributed by atoms with Crippen LogP contribution in [-0.4, -0.2) is 29.1 Å². The van der Waals surface area contributed by atoms with Crippen LogP contribution in [0.5, 0.6) is 0 Å². The summed E-state index contributed by atoms with van der Waals surface area (Å²) in [4.78, 5) is 22.4. The minimum atomic E-state index is -0.797. The van der Waals surface area contributed by atoms with Gasteiger partial charge in [-0.25, -0.2) is 0 Å². The lowest BCUT2D eigenvalue weighted by Crippen LogP contribution is -2.39. The summed E-state index contributed by atoms with van der Waals surface area (Å²) in [5.74, 6) is -0.782. The molecule has 21 heavy (non-hydrogen) atoms. The number of benzene rings is 1. The van der Waals surface area contributed by atoms with E-state index >= 15 is 0 Å². The van der Waals surface area contributed by atoms with Gasteiger partial charge in [-0.05, 0) is 37.0 Å². The summed E-state index contributed by atoms with van der Waals surface area (Å²) in [5.41, 5.74) is 2.93. The molecule has 2 atom stereocenters. The average Bonchev–Trinajstić information content (AvgIpc) is 2.77. The molecule has 0 spiro atoms. The van der Waals surface area contributed by atoms with Gasteiger partial charge >= 0.3 is 5.97 Å². The standard InChI is InChI=1S/C16H22N2O3/c1-3-10(2)17-13(9-16(20)21)7-11-4-5-14-12(6-11)8-15(19)18-14/h4-6,10,13,17H,3,7-9H2,1-2H3,(H,18,19)(H,20,21). The largest absolute Gasteiger partial charge is 0.481 e. The minimum absolute atomic E-state index is 0.0157. The summed E-state index contributed by atoms with van der Waals surface area (Å²) in [6, 6.07) is 6.04. The van der Waals surface area contributed by atoms with Gasteiger partial charge in [0.05, 0.1) is 12.8 Å². The highest BCUT2D eigenvalue weighted by molar-refractivity contribution is 5.99. The number of fused-ring (bicyclic) bond motifs is 1. The molecule has 3 N–H and O–H groups in total. The van der Waals surface area contributed by atoms with Gasteiger partial charge in [0.2, 0.25) is 5.91 Å². The number of carboxylic acids is 1. The number of carbonyl (C=O) groups is 2. The van der Waals surface area contributed by atoms with Gasteiger partial charge in [-0.3, -0.25) is 9.59 Å². The smallest absolute Gasteiger partial charge is 0.304 e. The molecule has 2 rings (SSSR count). The number of hydrogen-bond donors (Lipinski definition) is 3. The van der Waals surface area contributed by atoms with E-state index in [1.165, 1.54) is 0 Å². The van der Waals surface area contributed by atoms with E-state index in [1.54, 1.807) is 0 Å². The van der Waals surface area contributed by atoms with Crippen LogP contribution in [-0.2, 0) is 22.4 Å². The lowest BCUT2D eigenvalue weighted by molar-refractivity contribution is -0.137. The number of nitrogens with one attached hydrogen (secondary N) is 2. The lowest BCUT2D eigenvalue weighted by atomic mass is 9.99. The minimum Gasteiger partial charge on any atom is -0.481 e. The molecule has 1 aliphatic heterocycles. The second kappa shape index (κ2) is 6.72. The summed E-state index contributed by atoms with van der Waals surface area (Å²) >= 11 is 0. The van der Waals surface area contributed by atoms with E-state index < -0.39 is 5.97 Å². The zero-order valence-corrected chi connectivity index (χ0v) is 12.5. The normalized spacial score (nSPS) is 16.2. The lowest BCUT2D eigenvalue weighted by Gasteiger charge is -2.21. The van der Waals surface area contributed by atoms with Crippen LogP contribution in [0.15, 0.2) is 18.2 Å². The number of anilines is 1. The Labute approximate surface area is 124 Å². The molecular formula is C16H22N2O3. The van der Waals surface area contributed by atoms with Crippen LogP contribution in [0, 0.1) is 0 Å². The van der Waals surface area contributed by atoms with Gasteiger partial charge in [0.25, 0.3) is 0 Å². The van der Waals surface area contributed by atoms with Gasteiger partial charge in [0, 0.05) is 17.8 Å². The topological polar surface area (TPSA) is 78.4 Å². The van der Waals surface area contributed by atoms with Crippen LogP contribution in [0.25, 0.3) is 0 Å². The van der Waals surface area contributed by atoms with Gasteiger partial charge < -0.3 is 15.7 Å². The summed E-state index contributed by atoms with van der Waals surface area (Å²) in [6.45, 7) is 4.13. The van der Waals surface area contributed by atoms with Crippen LogP contribution >= 0.6 is 0 Å². The maximum atomic E-state index is 11.4. The molecule has 0 aromatic heterocycles. The molecule has 2 unspecified atom stereocenters. The van der Waals surface area contributed by atoms with E-state index in [-0.39, 0.29) is 24.4 Å². The van der Waals surface area contributed by atoms with Crippen LogP contribution in [0.4, 0.5) is 5.69 Å². The molecule has 0 fully saturated rings. The van der Waals surface area contributed by atoms with Gasteiger partial charge in [-0.15, -0.1) is 0 Å². The van der Waals surface area contributed by atoms with Crippen molar-refractivity contribution in [1.29, 1.82) is 0 Å². The van der Waals surface area contributed by atoms with Crippen LogP contribution in [0.2, 0.25) is 0 Å². The predicted octanol–water partition coefficient (Wildman–Crippen LogP) is 1.96. The molecule has 0 saturated heterocycles. The Morgan fingerprint density at radius 3 is 2.90 bits per heavy atom. The second-order valence-corrected chi connectivity index (χ2v) is 5.69. The first-order chi connectivity index (χ1) is 9.97. The van der Waals surface area contributed by atoms with Crippen LogP contribution < -0.4 is 10.6 Å². The fourth-order valence-corrected chi connectivity index (χ4v) is 2.62. The predicted molar refractivity (Wildman–Crippen MR) is 81.4 cm³/mol. The molecule has 0 saturated carbocycles. The Morgan fingerprint density at radius 1 is 1.48 bits per heavy atom. The van der Waals surface area contributed by atoms with E-state index in [4.69, 9.17) is 5.11 Å². The first-order valence-electron chi connectivity index (χ1n) is 7.37. The molecule has 1 aromatic carbocycles. The zero-order valence-electron chi connectivity index (χ0n) is 12.5.